The van der Waals surface area contributed by atoms with Gasteiger partial charge in [-0.25, -0.2) is 8.42 Å². The molecule has 0 aromatic rings. The van der Waals surface area contributed by atoms with Crippen LogP contribution >= 0.6 is 12.4 Å². The second-order valence-corrected chi connectivity index (χ2v) is 9.38. The fourth-order valence-corrected chi connectivity index (χ4v) is 3.21. The monoisotopic (exact) mass is 340 g/mol. The average molecular weight is 341 g/mol. The van der Waals surface area contributed by atoms with Crippen LogP contribution in [-0.2, 0) is 14.6 Å². The van der Waals surface area contributed by atoms with Gasteiger partial charge in [-0.2, -0.15) is 0 Å². The maximum Gasteiger partial charge on any atom is 0.220 e. The van der Waals surface area contributed by atoms with Crippen LogP contribution in [0.15, 0.2) is 0 Å². The lowest BCUT2D eigenvalue weighted by Gasteiger charge is -2.22. The number of rotatable bonds is 6. The molecule has 126 valence electrons. The zero-order valence-electron chi connectivity index (χ0n) is 13.3. The van der Waals surface area contributed by atoms with Crippen LogP contribution in [0.5, 0.6) is 0 Å². The first-order valence-corrected chi connectivity index (χ1v) is 9.07. The highest BCUT2D eigenvalue weighted by molar-refractivity contribution is 7.92. The van der Waals surface area contributed by atoms with Crippen LogP contribution < -0.4 is 10.6 Å². The molecule has 1 saturated heterocycles. The number of hydrogen-bond acceptors (Lipinski definition) is 4. The molecule has 1 rings (SSSR count). The first kappa shape index (κ1) is 20.7. The smallest absolute Gasteiger partial charge is 0.220 e. The van der Waals surface area contributed by atoms with Crippen molar-refractivity contribution >= 4 is 28.2 Å². The van der Waals surface area contributed by atoms with Crippen molar-refractivity contribution in [2.45, 2.75) is 51.2 Å². The molecule has 0 atom stereocenters. The molecule has 0 unspecified atom stereocenters. The summed E-state index contributed by atoms with van der Waals surface area (Å²) in [5.41, 5.74) is 0. The average Bonchev–Trinajstić information content (AvgIpc) is 2.36. The molecule has 1 fully saturated rings. The number of halogens is 1. The van der Waals surface area contributed by atoms with E-state index in [0.29, 0.717) is 12.3 Å². The predicted octanol–water partition coefficient (Wildman–Crippen LogP) is 1.52. The van der Waals surface area contributed by atoms with Crippen LogP contribution in [0.3, 0.4) is 0 Å². The van der Waals surface area contributed by atoms with Crippen LogP contribution in [0.4, 0.5) is 0 Å². The second kappa shape index (κ2) is 8.96. The Hall–Kier alpha value is -0.330. The van der Waals surface area contributed by atoms with E-state index < -0.39 is 14.6 Å². The summed E-state index contributed by atoms with van der Waals surface area (Å²) in [6.07, 6.45) is 3.66. The van der Waals surface area contributed by atoms with Crippen LogP contribution in [0.2, 0.25) is 0 Å². The Morgan fingerprint density at radius 2 is 1.81 bits per heavy atom. The molecule has 2 N–H and O–H groups in total. The number of nitrogens with one attached hydrogen (secondary N) is 2. The van der Waals surface area contributed by atoms with Crippen molar-refractivity contribution < 1.29 is 13.2 Å². The Labute approximate surface area is 135 Å². The first-order valence-electron chi connectivity index (χ1n) is 7.42. The third-order valence-electron chi connectivity index (χ3n) is 3.86. The summed E-state index contributed by atoms with van der Waals surface area (Å²) in [6.45, 7) is 7.33. The molecule has 21 heavy (non-hydrogen) atoms. The molecule has 0 aromatic heterocycles. The van der Waals surface area contributed by atoms with Crippen LogP contribution in [0, 0.1) is 5.92 Å². The van der Waals surface area contributed by atoms with Gasteiger partial charge < -0.3 is 10.6 Å². The van der Waals surface area contributed by atoms with Crippen molar-refractivity contribution in [2.75, 3.05) is 25.4 Å². The number of carbonyl (C=O) groups is 1. The molecule has 0 saturated carbocycles. The molecule has 0 radical (unpaired) electrons. The minimum absolute atomic E-state index is 0. The van der Waals surface area contributed by atoms with Crippen molar-refractivity contribution in [2.24, 2.45) is 5.92 Å². The Morgan fingerprint density at radius 3 is 2.33 bits per heavy atom. The van der Waals surface area contributed by atoms with E-state index in [-0.39, 0.29) is 30.6 Å². The molecular weight excluding hydrogens is 312 g/mol. The SMILES string of the molecule is CC(C)(C)S(=O)(=O)CCNC(=O)CCC1CCNCC1.Cl. The Morgan fingerprint density at radius 1 is 1.24 bits per heavy atom. The third kappa shape index (κ3) is 7.47. The van der Waals surface area contributed by atoms with Gasteiger partial charge in [0, 0.05) is 13.0 Å². The van der Waals surface area contributed by atoms with Gasteiger partial charge in [-0.15, -0.1) is 12.4 Å². The lowest BCUT2D eigenvalue weighted by atomic mass is 9.93. The largest absolute Gasteiger partial charge is 0.355 e. The van der Waals surface area contributed by atoms with Crippen molar-refractivity contribution in [3.63, 3.8) is 0 Å². The Kier molecular flexibility index (Phi) is 8.81. The molecule has 0 spiro atoms. The van der Waals surface area contributed by atoms with Gasteiger partial charge in [0.2, 0.25) is 5.91 Å². The van der Waals surface area contributed by atoms with Gasteiger partial charge in [0.15, 0.2) is 9.84 Å². The molecule has 1 aliphatic rings. The predicted molar refractivity (Wildman–Crippen MR) is 88.6 cm³/mol. The number of hydrogen-bond donors (Lipinski definition) is 2. The zero-order valence-corrected chi connectivity index (χ0v) is 14.9. The fraction of sp³-hybridized carbons (Fsp3) is 0.929. The Bertz CT molecular complexity index is 412. The van der Waals surface area contributed by atoms with Crippen molar-refractivity contribution in [3.8, 4) is 0 Å². The van der Waals surface area contributed by atoms with Crippen molar-refractivity contribution in [3.05, 3.63) is 0 Å². The minimum atomic E-state index is -3.15. The van der Waals surface area contributed by atoms with Crippen LogP contribution in [0.25, 0.3) is 0 Å². The first-order chi connectivity index (χ1) is 9.22. The maximum atomic E-state index is 11.9. The number of amides is 1. The van der Waals surface area contributed by atoms with E-state index in [9.17, 15) is 13.2 Å². The van der Waals surface area contributed by atoms with Crippen LogP contribution in [0.1, 0.15) is 46.5 Å². The molecule has 0 aliphatic carbocycles. The lowest BCUT2D eigenvalue weighted by Crippen LogP contribution is -2.36. The topological polar surface area (TPSA) is 75.3 Å². The highest BCUT2D eigenvalue weighted by Crippen LogP contribution is 2.17. The number of sulfone groups is 1. The lowest BCUT2D eigenvalue weighted by molar-refractivity contribution is -0.121. The standard InChI is InChI=1S/C14H28N2O3S.ClH/c1-14(2,3)20(18,19)11-10-16-13(17)5-4-12-6-8-15-9-7-12;/h12,15H,4-11H2,1-3H3,(H,16,17);1H. The maximum absolute atomic E-state index is 11.9. The minimum Gasteiger partial charge on any atom is -0.355 e. The number of carbonyl (C=O) groups excluding carboxylic acids is 1. The summed E-state index contributed by atoms with van der Waals surface area (Å²) in [4.78, 5) is 11.7. The van der Waals surface area contributed by atoms with E-state index in [1.54, 1.807) is 20.8 Å². The van der Waals surface area contributed by atoms with E-state index in [0.717, 1.165) is 32.4 Å². The quantitative estimate of drug-likeness (QED) is 0.768. The van der Waals surface area contributed by atoms with E-state index in [1.807, 2.05) is 0 Å². The van der Waals surface area contributed by atoms with Gasteiger partial charge in [0.05, 0.1) is 10.5 Å². The van der Waals surface area contributed by atoms with E-state index in [2.05, 4.69) is 10.6 Å². The normalized spacial score (nSPS) is 17.1. The molecule has 0 bridgehead atoms. The van der Waals surface area contributed by atoms with Crippen molar-refractivity contribution in [1.29, 1.82) is 0 Å². The fourth-order valence-electron chi connectivity index (χ4n) is 2.22. The molecule has 1 aliphatic heterocycles. The Balaban J connectivity index is 0.00000400. The van der Waals surface area contributed by atoms with E-state index in [4.69, 9.17) is 0 Å². The van der Waals surface area contributed by atoms with Gasteiger partial charge in [0.25, 0.3) is 0 Å². The summed E-state index contributed by atoms with van der Waals surface area (Å²) in [5, 5.41) is 6.02. The summed E-state index contributed by atoms with van der Waals surface area (Å²) in [6, 6.07) is 0. The molecular formula is C14H29ClN2O3S. The van der Waals surface area contributed by atoms with E-state index in [1.165, 1.54) is 0 Å². The summed E-state index contributed by atoms with van der Waals surface area (Å²) < 4.78 is 23.0. The molecule has 5 nitrogen and oxygen atoms in total. The molecule has 0 aromatic carbocycles. The van der Waals surface area contributed by atoms with Gasteiger partial charge >= 0.3 is 0 Å². The second-order valence-electron chi connectivity index (χ2n) is 6.51. The highest BCUT2D eigenvalue weighted by atomic mass is 35.5. The summed E-state index contributed by atoms with van der Waals surface area (Å²) in [5.74, 6) is 0.600. The van der Waals surface area contributed by atoms with E-state index >= 15 is 0 Å². The summed E-state index contributed by atoms with van der Waals surface area (Å²) in [7, 11) is -3.15. The molecule has 1 heterocycles. The highest BCUT2D eigenvalue weighted by Gasteiger charge is 2.28. The van der Waals surface area contributed by atoms with Crippen LogP contribution in [-0.4, -0.2) is 44.5 Å². The van der Waals surface area contributed by atoms with Gasteiger partial charge in [-0.05, 0) is 59.0 Å². The number of piperidine rings is 1. The van der Waals surface area contributed by atoms with Crippen molar-refractivity contribution in [1.82, 2.24) is 10.6 Å². The summed E-state index contributed by atoms with van der Waals surface area (Å²) >= 11 is 0. The molecule has 7 heteroatoms. The van der Waals surface area contributed by atoms with Gasteiger partial charge in [0.1, 0.15) is 0 Å². The molecule has 1 amide bonds. The third-order valence-corrected chi connectivity index (χ3v) is 6.47. The zero-order chi connectivity index (χ0) is 15.2. The van der Waals surface area contributed by atoms with Gasteiger partial charge in [-0.3, -0.25) is 4.79 Å². The van der Waals surface area contributed by atoms with Gasteiger partial charge in [-0.1, -0.05) is 0 Å².